The Morgan fingerprint density at radius 2 is 2.19 bits per heavy atom. The van der Waals surface area contributed by atoms with Crippen LogP contribution in [0.5, 0.6) is 0 Å². The average Bonchev–Trinajstić information content (AvgIpc) is 2.24. The summed E-state index contributed by atoms with van der Waals surface area (Å²) in [6, 6.07) is 2.74. The van der Waals surface area contributed by atoms with Gasteiger partial charge in [0.15, 0.2) is 0 Å². The summed E-state index contributed by atoms with van der Waals surface area (Å²) in [7, 11) is 1.70. The van der Waals surface area contributed by atoms with Gasteiger partial charge in [-0.1, -0.05) is 0 Å². The predicted molar refractivity (Wildman–Crippen MR) is 66.2 cm³/mol. The number of amides is 2. The molecular weight excluding hydrogens is 275 g/mol. The Hall–Kier alpha value is -1.10. The topological polar surface area (TPSA) is 32.3 Å². The third-order valence-electron chi connectivity index (χ3n) is 2.33. The third kappa shape index (κ3) is 2.95. The van der Waals surface area contributed by atoms with Crippen LogP contribution in [0.1, 0.15) is 12.5 Å². The SMILES string of the molecule is CCN(C)C(=O)Nc1cc(Br)c(F)cc1C. The van der Waals surface area contributed by atoms with E-state index < -0.39 is 0 Å². The van der Waals surface area contributed by atoms with Gasteiger partial charge in [0, 0.05) is 19.3 Å². The molecule has 0 unspecified atom stereocenters. The molecule has 3 nitrogen and oxygen atoms in total. The van der Waals surface area contributed by atoms with Crippen molar-refractivity contribution in [3.63, 3.8) is 0 Å². The minimum atomic E-state index is -0.334. The van der Waals surface area contributed by atoms with Gasteiger partial charge < -0.3 is 10.2 Å². The van der Waals surface area contributed by atoms with Gasteiger partial charge in [-0.2, -0.15) is 0 Å². The first-order valence-corrected chi connectivity index (χ1v) is 5.72. The van der Waals surface area contributed by atoms with Crippen LogP contribution in [0, 0.1) is 12.7 Å². The maximum absolute atomic E-state index is 13.2. The molecule has 0 aliphatic heterocycles. The number of halogens is 2. The molecule has 0 atom stereocenters. The first kappa shape index (κ1) is 13.0. The first-order chi connectivity index (χ1) is 7.45. The molecule has 0 spiro atoms. The number of nitrogens with zero attached hydrogens (tertiary/aromatic N) is 1. The van der Waals surface area contributed by atoms with Crippen molar-refractivity contribution >= 4 is 27.6 Å². The Morgan fingerprint density at radius 3 is 2.75 bits per heavy atom. The number of aryl methyl sites for hydroxylation is 1. The highest BCUT2D eigenvalue weighted by Crippen LogP contribution is 2.24. The molecule has 0 aliphatic rings. The van der Waals surface area contributed by atoms with Gasteiger partial charge in [-0.15, -0.1) is 0 Å². The van der Waals surface area contributed by atoms with Gasteiger partial charge in [-0.25, -0.2) is 9.18 Å². The van der Waals surface area contributed by atoms with Crippen LogP contribution in [-0.2, 0) is 0 Å². The summed E-state index contributed by atoms with van der Waals surface area (Å²) in [4.78, 5) is 13.1. The largest absolute Gasteiger partial charge is 0.328 e. The molecule has 16 heavy (non-hydrogen) atoms. The lowest BCUT2D eigenvalue weighted by Crippen LogP contribution is -2.31. The van der Waals surface area contributed by atoms with Gasteiger partial charge in [-0.05, 0) is 47.5 Å². The van der Waals surface area contributed by atoms with Gasteiger partial charge in [0.1, 0.15) is 5.82 Å². The number of carbonyl (C=O) groups excluding carboxylic acids is 1. The van der Waals surface area contributed by atoms with E-state index in [-0.39, 0.29) is 11.8 Å². The third-order valence-corrected chi connectivity index (χ3v) is 2.94. The predicted octanol–water partition coefficient (Wildman–Crippen LogP) is 3.38. The Bertz CT molecular complexity index is 409. The molecule has 88 valence electrons. The molecule has 5 heteroatoms. The van der Waals surface area contributed by atoms with Gasteiger partial charge in [0.2, 0.25) is 0 Å². The van der Waals surface area contributed by atoms with Gasteiger partial charge >= 0.3 is 6.03 Å². The van der Waals surface area contributed by atoms with Crippen molar-refractivity contribution in [3.8, 4) is 0 Å². The quantitative estimate of drug-likeness (QED) is 0.889. The van der Waals surface area contributed by atoms with Crippen LogP contribution in [0.3, 0.4) is 0 Å². The molecule has 2 amide bonds. The van der Waals surface area contributed by atoms with E-state index in [1.54, 1.807) is 20.0 Å². The van der Waals surface area contributed by atoms with Crippen LogP contribution >= 0.6 is 15.9 Å². The summed E-state index contributed by atoms with van der Waals surface area (Å²) in [6.45, 7) is 4.25. The van der Waals surface area contributed by atoms with E-state index in [1.807, 2.05) is 6.92 Å². The fourth-order valence-corrected chi connectivity index (χ4v) is 1.48. The Labute approximate surface area is 103 Å². The van der Waals surface area contributed by atoms with Crippen LogP contribution < -0.4 is 5.32 Å². The number of benzene rings is 1. The minimum absolute atomic E-state index is 0.205. The molecule has 1 aromatic carbocycles. The average molecular weight is 289 g/mol. The fourth-order valence-electron chi connectivity index (χ4n) is 1.14. The monoisotopic (exact) mass is 288 g/mol. The number of rotatable bonds is 2. The van der Waals surface area contributed by atoms with Crippen LogP contribution in [0.4, 0.5) is 14.9 Å². The zero-order valence-corrected chi connectivity index (χ0v) is 11.1. The van der Waals surface area contributed by atoms with Crippen molar-refractivity contribution in [2.45, 2.75) is 13.8 Å². The van der Waals surface area contributed by atoms with Crippen LogP contribution in [-0.4, -0.2) is 24.5 Å². The number of hydrogen-bond acceptors (Lipinski definition) is 1. The van der Waals surface area contributed by atoms with E-state index in [0.717, 1.165) is 0 Å². The van der Waals surface area contributed by atoms with Crippen LogP contribution in [0.25, 0.3) is 0 Å². The molecule has 1 aromatic rings. The molecular formula is C11H14BrFN2O. The van der Waals surface area contributed by atoms with Gasteiger partial charge in [0.25, 0.3) is 0 Å². The maximum atomic E-state index is 13.2. The second-order valence-electron chi connectivity index (χ2n) is 3.53. The minimum Gasteiger partial charge on any atom is -0.328 e. The molecule has 0 aliphatic carbocycles. The first-order valence-electron chi connectivity index (χ1n) is 4.93. The van der Waals surface area contributed by atoms with Crippen molar-refractivity contribution in [2.24, 2.45) is 0 Å². The molecule has 0 fully saturated rings. The van der Waals surface area contributed by atoms with E-state index in [2.05, 4.69) is 21.2 Å². The van der Waals surface area contributed by atoms with Gasteiger partial charge in [-0.3, -0.25) is 0 Å². The van der Waals surface area contributed by atoms with Crippen LogP contribution in [0.15, 0.2) is 16.6 Å². The summed E-state index contributed by atoms with van der Waals surface area (Å²) in [5.74, 6) is -0.334. The summed E-state index contributed by atoms with van der Waals surface area (Å²) < 4.78 is 13.5. The second-order valence-corrected chi connectivity index (χ2v) is 4.38. The van der Waals surface area contributed by atoms with E-state index in [4.69, 9.17) is 0 Å². The zero-order valence-electron chi connectivity index (χ0n) is 9.47. The van der Waals surface area contributed by atoms with E-state index in [1.165, 1.54) is 11.0 Å². The van der Waals surface area contributed by atoms with Crippen molar-refractivity contribution in [1.29, 1.82) is 0 Å². The lowest BCUT2D eigenvalue weighted by Gasteiger charge is -2.17. The molecule has 1 rings (SSSR count). The number of hydrogen-bond donors (Lipinski definition) is 1. The summed E-state index contributed by atoms with van der Waals surface area (Å²) in [5, 5.41) is 2.72. The molecule has 0 saturated heterocycles. The van der Waals surface area contributed by atoms with E-state index >= 15 is 0 Å². The fraction of sp³-hybridized carbons (Fsp3) is 0.364. The lowest BCUT2D eigenvalue weighted by molar-refractivity contribution is 0.224. The smallest absolute Gasteiger partial charge is 0.321 e. The van der Waals surface area contributed by atoms with Crippen molar-refractivity contribution in [3.05, 3.63) is 28.0 Å². The highest BCUT2D eigenvalue weighted by atomic mass is 79.9. The molecule has 1 N–H and O–H groups in total. The zero-order chi connectivity index (χ0) is 12.3. The number of nitrogens with one attached hydrogen (secondary N) is 1. The highest BCUT2D eigenvalue weighted by molar-refractivity contribution is 9.10. The molecule has 0 bridgehead atoms. The van der Waals surface area contributed by atoms with E-state index in [0.29, 0.717) is 22.3 Å². The standard InChI is InChI=1S/C11H14BrFN2O/c1-4-15(3)11(16)14-10-6-8(12)9(13)5-7(10)2/h5-6H,4H2,1-3H3,(H,14,16). The Balaban J connectivity index is 2.90. The molecule has 0 radical (unpaired) electrons. The number of urea groups is 1. The summed E-state index contributed by atoms with van der Waals surface area (Å²) in [5.41, 5.74) is 1.30. The number of carbonyl (C=O) groups is 1. The summed E-state index contributed by atoms with van der Waals surface area (Å²) in [6.07, 6.45) is 0. The lowest BCUT2D eigenvalue weighted by atomic mass is 10.2. The van der Waals surface area contributed by atoms with Crippen molar-refractivity contribution < 1.29 is 9.18 Å². The number of anilines is 1. The Kier molecular flexibility index (Phi) is 4.29. The normalized spacial score (nSPS) is 10.1. The highest BCUT2D eigenvalue weighted by Gasteiger charge is 2.10. The van der Waals surface area contributed by atoms with Crippen LogP contribution in [0.2, 0.25) is 0 Å². The summed E-state index contributed by atoms with van der Waals surface area (Å²) >= 11 is 3.08. The maximum Gasteiger partial charge on any atom is 0.321 e. The second kappa shape index (κ2) is 5.30. The Morgan fingerprint density at radius 1 is 1.56 bits per heavy atom. The van der Waals surface area contributed by atoms with Gasteiger partial charge in [0.05, 0.1) is 4.47 Å². The van der Waals surface area contributed by atoms with Crippen molar-refractivity contribution in [2.75, 3.05) is 18.9 Å². The van der Waals surface area contributed by atoms with Crippen molar-refractivity contribution in [1.82, 2.24) is 4.90 Å². The van der Waals surface area contributed by atoms with E-state index in [9.17, 15) is 9.18 Å². The molecule has 0 aromatic heterocycles. The molecule has 0 heterocycles. The molecule has 0 saturated carbocycles.